The number of nitrogens with zero attached hydrogens (tertiary/aromatic N) is 1. The number of aliphatic imine (C=N–C) groups is 1. The second-order valence-corrected chi connectivity index (χ2v) is 5.81. The highest BCUT2D eigenvalue weighted by Gasteiger charge is 2.12. The summed E-state index contributed by atoms with van der Waals surface area (Å²) in [6.45, 7) is 3.48. The van der Waals surface area contributed by atoms with E-state index >= 15 is 0 Å². The molecule has 0 aliphatic rings. The van der Waals surface area contributed by atoms with E-state index < -0.39 is 5.97 Å². The Bertz CT molecular complexity index is 799. The van der Waals surface area contributed by atoms with Crippen LogP contribution in [0.3, 0.4) is 0 Å². The summed E-state index contributed by atoms with van der Waals surface area (Å²) in [7, 11) is 0. The molecule has 24 heavy (non-hydrogen) atoms. The lowest BCUT2D eigenvalue weighted by Gasteiger charge is -2.09. The number of esters is 1. The molecule has 2 rings (SSSR count). The minimum absolute atomic E-state index is 0.141. The van der Waals surface area contributed by atoms with Crippen LogP contribution in [0.1, 0.15) is 29.8 Å². The van der Waals surface area contributed by atoms with Gasteiger partial charge < -0.3 is 9.84 Å². The third kappa shape index (κ3) is 4.67. The molecule has 0 aromatic heterocycles. The van der Waals surface area contributed by atoms with Crippen LogP contribution >= 0.6 is 11.6 Å². The van der Waals surface area contributed by atoms with Crippen molar-refractivity contribution in [2.45, 2.75) is 13.8 Å². The number of hydrogen-bond acceptors (Lipinski definition) is 4. The SMILES string of the molecule is CC(C)C(=O)Oc1ccc(Cl)cc1C=Nc1cccc(C(=O)O)c1. The molecule has 0 aliphatic heterocycles. The van der Waals surface area contributed by atoms with Gasteiger partial charge in [-0.15, -0.1) is 0 Å². The fourth-order valence-electron chi connectivity index (χ4n) is 1.80. The fraction of sp³-hybridized carbons (Fsp3) is 0.167. The third-order valence-corrected chi connectivity index (χ3v) is 3.33. The number of carbonyl (C=O) groups is 2. The minimum atomic E-state index is -1.03. The van der Waals surface area contributed by atoms with E-state index in [0.29, 0.717) is 22.0 Å². The molecule has 0 amide bonds. The Balaban J connectivity index is 2.31. The monoisotopic (exact) mass is 345 g/mol. The van der Waals surface area contributed by atoms with Gasteiger partial charge >= 0.3 is 11.9 Å². The van der Waals surface area contributed by atoms with Gasteiger partial charge in [0.2, 0.25) is 0 Å². The van der Waals surface area contributed by atoms with E-state index in [-0.39, 0.29) is 17.5 Å². The lowest BCUT2D eigenvalue weighted by Crippen LogP contribution is -2.15. The van der Waals surface area contributed by atoms with Crippen molar-refractivity contribution in [2.75, 3.05) is 0 Å². The highest BCUT2D eigenvalue weighted by atomic mass is 35.5. The van der Waals surface area contributed by atoms with Gasteiger partial charge in [-0.05, 0) is 36.4 Å². The number of carboxylic acids is 1. The molecule has 1 N–H and O–H groups in total. The predicted octanol–water partition coefficient (Wildman–Crippen LogP) is 4.35. The molecule has 0 fully saturated rings. The van der Waals surface area contributed by atoms with Crippen LogP contribution in [0.5, 0.6) is 5.75 Å². The second kappa shape index (κ2) is 7.75. The zero-order valence-corrected chi connectivity index (χ0v) is 13.9. The summed E-state index contributed by atoms with van der Waals surface area (Å²) in [5.74, 6) is -1.31. The van der Waals surface area contributed by atoms with E-state index in [0.717, 1.165) is 0 Å². The zero-order chi connectivity index (χ0) is 17.7. The first kappa shape index (κ1) is 17.7. The summed E-state index contributed by atoms with van der Waals surface area (Å²) in [5, 5.41) is 9.47. The first-order valence-corrected chi connectivity index (χ1v) is 7.63. The Hall–Kier alpha value is -2.66. The number of ether oxygens (including phenoxy) is 1. The molecular weight excluding hydrogens is 330 g/mol. The van der Waals surface area contributed by atoms with Crippen LogP contribution in [0.25, 0.3) is 0 Å². The van der Waals surface area contributed by atoms with Crippen LogP contribution in [0.2, 0.25) is 5.02 Å². The first-order chi connectivity index (χ1) is 11.4. The normalized spacial score (nSPS) is 11.0. The summed E-state index contributed by atoms with van der Waals surface area (Å²) in [6.07, 6.45) is 1.48. The Morgan fingerprint density at radius 3 is 2.62 bits per heavy atom. The maximum atomic E-state index is 11.8. The molecule has 0 unspecified atom stereocenters. The minimum Gasteiger partial charge on any atom is -0.478 e. The van der Waals surface area contributed by atoms with E-state index in [1.54, 1.807) is 44.2 Å². The average molecular weight is 346 g/mol. The lowest BCUT2D eigenvalue weighted by molar-refractivity contribution is -0.137. The predicted molar refractivity (Wildman–Crippen MR) is 92.6 cm³/mol. The maximum absolute atomic E-state index is 11.8. The molecule has 0 atom stereocenters. The van der Waals surface area contributed by atoms with Crippen molar-refractivity contribution >= 4 is 35.4 Å². The number of halogens is 1. The number of benzene rings is 2. The highest BCUT2D eigenvalue weighted by molar-refractivity contribution is 6.31. The molecule has 0 spiro atoms. The molecule has 0 aliphatic carbocycles. The van der Waals surface area contributed by atoms with Crippen LogP contribution < -0.4 is 4.74 Å². The number of rotatable bonds is 5. The van der Waals surface area contributed by atoms with Gasteiger partial charge in [-0.2, -0.15) is 0 Å². The van der Waals surface area contributed by atoms with Crippen molar-refractivity contribution in [3.05, 3.63) is 58.6 Å². The summed E-state index contributed by atoms with van der Waals surface area (Å²) in [4.78, 5) is 27.0. The second-order valence-electron chi connectivity index (χ2n) is 5.37. The van der Waals surface area contributed by atoms with Crippen molar-refractivity contribution in [1.29, 1.82) is 0 Å². The van der Waals surface area contributed by atoms with E-state index in [1.807, 2.05) is 0 Å². The van der Waals surface area contributed by atoms with Gasteiger partial charge in [0.25, 0.3) is 0 Å². The Kier molecular flexibility index (Phi) is 5.71. The van der Waals surface area contributed by atoms with Crippen LogP contribution in [0, 0.1) is 5.92 Å². The topological polar surface area (TPSA) is 76.0 Å². The molecule has 6 heteroatoms. The first-order valence-electron chi connectivity index (χ1n) is 7.25. The molecule has 0 saturated heterocycles. The maximum Gasteiger partial charge on any atom is 0.335 e. The van der Waals surface area contributed by atoms with E-state index in [1.165, 1.54) is 18.3 Å². The van der Waals surface area contributed by atoms with Gasteiger partial charge in [-0.1, -0.05) is 31.5 Å². The molecule has 2 aromatic rings. The van der Waals surface area contributed by atoms with Crippen LogP contribution in [-0.4, -0.2) is 23.3 Å². The van der Waals surface area contributed by atoms with E-state index in [9.17, 15) is 9.59 Å². The number of carboxylic acid groups (broad SMARTS) is 1. The largest absolute Gasteiger partial charge is 0.478 e. The Morgan fingerprint density at radius 2 is 1.96 bits per heavy atom. The molecule has 0 heterocycles. The number of carbonyl (C=O) groups excluding carboxylic acids is 1. The van der Waals surface area contributed by atoms with Crippen molar-refractivity contribution < 1.29 is 19.4 Å². The summed E-state index contributed by atoms with van der Waals surface area (Å²) in [5.41, 5.74) is 1.13. The summed E-state index contributed by atoms with van der Waals surface area (Å²) in [6, 6.07) is 11.0. The molecule has 0 radical (unpaired) electrons. The number of aromatic carboxylic acids is 1. The summed E-state index contributed by atoms with van der Waals surface area (Å²) < 4.78 is 5.33. The van der Waals surface area contributed by atoms with Crippen molar-refractivity contribution in [2.24, 2.45) is 10.9 Å². The highest BCUT2D eigenvalue weighted by Crippen LogP contribution is 2.23. The van der Waals surface area contributed by atoms with Crippen LogP contribution in [0.4, 0.5) is 5.69 Å². The molecule has 5 nitrogen and oxygen atoms in total. The zero-order valence-electron chi connectivity index (χ0n) is 13.2. The smallest absolute Gasteiger partial charge is 0.335 e. The molecular formula is C18H16ClNO4. The van der Waals surface area contributed by atoms with E-state index in [4.69, 9.17) is 21.4 Å². The van der Waals surface area contributed by atoms with Crippen LogP contribution in [0.15, 0.2) is 47.5 Å². The van der Waals surface area contributed by atoms with Gasteiger partial charge in [0.1, 0.15) is 5.75 Å². The molecule has 0 saturated carbocycles. The van der Waals surface area contributed by atoms with Gasteiger partial charge in [0, 0.05) is 16.8 Å². The van der Waals surface area contributed by atoms with Crippen molar-refractivity contribution in [3.63, 3.8) is 0 Å². The van der Waals surface area contributed by atoms with Crippen molar-refractivity contribution in [1.82, 2.24) is 0 Å². The molecule has 124 valence electrons. The lowest BCUT2D eigenvalue weighted by atomic mass is 10.2. The van der Waals surface area contributed by atoms with Crippen molar-refractivity contribution in [3.8, 4) is 5.75 Å². The van der Waals surface area contributed by atoms with Gasteiger partial charge in [-0.3, -0.25) is 9.79 Å². The molecule has 0 bridgehead atoms. The van der Waals surface area contributed by atoms with E-state index in [2.05, 4.69) is 4.99 Å². The van der Waals surface area contributed by atoms with Gasteiger partial charge in [0.05, 0.1) is 17.2 Å². The van der Waals surface area contributed by atoms with Gasteiger partial charge in [0.15, 0.2) is 0 Å². The third-order valence-electron chi connectivity index (χ3n) is 3.10. The van der Waals surface area contributed by atoms with Gasteiger partial charge in [-0.25, -0.2) is 4.79 Å². The standard InChI is InChI=1S/C18H16ClNO4/c1-11(2)18(23)24-16-7-6-14(19)8-13(16)10-20-15-5-3-4-12(9-15)17(21)22/h3-11H,1-2H3,(H,21,22). The quantitative estimate of drug-likeness (QED) is 0.496. The molecule has 2 aromatic carbocycles. The Labute approximate surface area is 144 Å². The Morgan fingerprint density at radius 1 is 1.21 bits per heavy atom. The summed E-state index contributed by atoms with van der Waals surface area (Å²) >= 11 is 5.98. The average Bonchev–Trinajstić information content (AvgIpc) is 2.55. The number of hydrogen-bond donors (Lipinski definition) is 1. The van der Waals surface area contributed by atoms with Crippen LogP contribution in [-0.2, 0) is 4.79 Å². The fourth-order valence-corrected chi connectivity index (χ4v) is 1.98.